The van der Waals surface area contributed by atoms with Gasteiger partial charge in [-0.25, -0.2) is 0 Å². The van der Waals surface area contributed by atoms with Crippen molar-refractivity contribution in [2.24, 2.45) is 5.92 Å². The van der Waals surface area contributed by atoms with Gasteiger partial charge in [0.25, 0.3) is 0 Å². The van der Waals surface area contributed by atoms with Crippen LogP contribution in [0, 0.1) is 12.8 Å². The SMILES string of the molecule is CC(=O)CCC1C(=O)c2ccccc2OC1c1ccccc1C. The molecule has 3 rings (SSSR count). The summed E-state index contributed by atoms with van der Waals surface area (Å²) in [6.45, 7) is 3.58. The number of hydrogen-bond donors (Lipinski definition) is 0. The van der Waals surface area contributed by atoms with E-state index in [0.717, 1.165) is 11.1 Å². The van der Waals surface area contributed by atoms with Crippen molar-refractivity contribution in [2.45, 2.75) is 32.8 Å². The number of carbonyl (C=O) groups excluding carboxylic acids is 2. The molecule has 1 heterocycles. The molecule has 0 aliphatic carbocycles. The second kappa shape index (κ2) is 6.37. The molecule has 2 unspecified atom stereocenters. The summed E-state index contributed by atoms with van der Waals surface area (Å²) in [4.78, 5) is 24.3. The first-order chi connectivity index (χ1) is 11.1. The van der Waals surface area contributed by atoms with Gasteiger partial charge in [-0.05, 0) is 43.5 Å². The van der Waals surface area contributed by atoms with Gasteiger partial charge in [0, 0.05) is 6.42 Å². The zero-order valence-corrected chi connectivity index (χ0v) is 13.4. The third-order valence-corrected chi connectivity index (χ3v) is 4.41. The van der Waals surface area contributed by atoms with Gasteiger partial charge in [-0.2, -0.15) is 0 Å². The summed E-state index contributed by atoms with van der Waals surface area (Å²) in [6, 6.07) is 15.3. The van der Waals surface area contributed by atoms with E-state index in [-0.39, 0.29) is 23.6 Å². The lowest BCUT2D eigenvalue weighted by molar-refractivity contribution is -0.117. The minimum Gasteiger partial charge on any atom is -0.484 e. The van der Waals surface area contributed by atoms with E-state index in [1.165, 1.54) is 0 Å². The van der Waals surface area contributed by atoms with Gasteiger partial charge in [0.2, 0.25) is 0 Å². The third-order valence-electron chi connectivity index (χ3n) is 4.41. The fraction of sp³-hybridized carbons (Fsp3) is 0.300. The van der Waals surface area contributed by atoms with Gasteiger partial charge < -0.3 is 9.53 Å². The smallest absolute Gasteiger partial charge is 0.173 e. The van der Waals surface area contributed by atoms with E-state index in [0.29, 0.717) is 24.2 Å². The summed E-state index contributed by atoms with van der Waals surface area (Å²) in [5, 5.41) is 0. The summed E-state index contributed by atoms with van der Waals surface area (Å²) in [6.07, 6.45) is 0.573. The fourth-order valence-corrected chi connectivity index (χ4v) is 3.16. The number of ether oxygens (including phenoxy) is 1. The Morgan fingerprint density at radius 1 is 1.09 bits per heavy atom. The Balaban J connectivity index is 2.03. The molecule has 0 bridgehead atoms. The van der Waals surface area contributed by atoms with Crippen LogP contribution in [0.15, 0.2) is 48.5 Å². The van der Waals surface area contributed by atoms with E-state index in [1.54, 1.807) is 13.0 Å². The van der Waals surface area contributed by atoms with Gasteiger partial charge in [-0.1, -0.05) is 36.4 Å². The summed E-state index contributed by atoms with van der Waals surface area (Å²) in [5.74, 6) is 0.473. The second-order valence-electron chi connectivity index (χ2n) is 6.10. The van der Waals surface area contributed by atoms with Crippen LogP contribution in [0.25, 0.3) is 0 Å². The quantitative estimate of drug-likeness (QED) is 0.846. The number of ketones is 2. The van der Waals surface area contributed by atoms with E-state index in [9.17, 15) is 9.59 Å². The van der Waals surface area contributed by atoms with Crippen molar-refractivity contribution in [3.05, 3.63) is 65.2 Å². The standard InChI is InChI=1S/C20H20O3/c1-13-7-3-4-8-15(13)20-17(12-11-14(2)21)19(22)16-9-5-6-10-18(16)23-20/h3-10,17,20H,11-12H2,1-2H3. The number of fused-ring (bicyclic) bond motifs is 1. The molecule has 1 aliphatic rings. The fourth-order valence-electron chi connectivity index (χ4n) is 3.16. The van der Waals surface area contributed by atoms with E-state index in [1.807, 2.05) is 49.4 Å². The zero-order valence-electron chi connectivity index (χ0n) is 13.4. The normalized spacial score (nSPS) is 19.8. The summed E-state index contributed by atoms with van der Waals surface area (Å²) in [5.41, 5.74) is 2.73. The number of benzene rings is 2. The Morgan fingerprint density at radius 2 is 1.78 bits per heavy atom. The lowest BCUT2D eigenvalue weighted by atomic mass is 9.81. The Labute approximate surface area is 136 Å². The highest BCUT2D eigenvalue weighted by Gasteiger charge is 2.38. The maximum atomic E-state index is 12.9. The highest BCUT2D eigenvalue weighted by atomic mass is 16.5. The number of para-hydroxylation sites is 1. The lowest BCUT2D eigenvalue weighted by Gasteiger charge is -2.33. The van der Waals surface area contributed by atoms with Gasteiger partial charge >= 0.3 is 0 Å². The van der Waals surface area contributed by atoms with Crippen LogP contribution in [0.2, 0.25) is 0 Å². The summed E-state index contributed by atoms with van der Waals surface area (Å²) in [7, 11) is 0. The molecule has 3 nitrogen and oxygen atoms in total. The number of Topliss-reactive ketones (excluding diaryl/α,β-unsaturated/α-hetero) is 2. The Kier molecular flexibility index (Phi) is 4.28. The Hall–Kier alpha value is -2.42. The molecule has 0 saturated heterocycles. The molecule has 3 heteroatoms. The van der Waals surface area contributed by atoms with Crippen LogP contribution in [0.5, 0.6) is 5.75 Å². The minimum absolute atomic E-state index is 0.0707. The van der Waals surface area contributed by atoms with Crippen LogP contribution >= 0.6 is 0 Å². The van der Waals surface area contributed by atoms with Crippen LogP contribution < -0.4 is 4.74 Å². The molecule has 0 spiro atoms. The average molecular weight is 308 g/mol. The van der Waals surface area contributed by atoms with E-state index < -0.39 is 0 Å². The van der Waals surface area contributed by atoms with Crippen molar-refractivity contribution in [3.8, 4) is 5.75 Å². The van der Waals surface area contributed by atoms with E-state index in [4.69, 9.17) is 4.74 Å². The first-order valence-corrected chi connectivity index (χ1v) is 7.93. The van der Waals surface area contributed by atoms with Crippen molar-refractivity contribution >= 4 is 11.6 Å². The maximum Gasteiger partial charge on any atom is 0.173 e. The molecule has 0 radical (unpaired) electrons. The highest BCUT2D eigenvalue weighted by molar-refractivity contribution is 6.02. The van der Waals surface area contributed by atoms with Gasteiger partial charge in [0.15, 0.2) is 5.78 Å². The van der Waals surface area contributed by atoms with Crippen LogP contribution in [-0.4, -0.2) is 11.6 Å². The Bertz CT molecular complexity index is 748. The molecule has 23 heavy (non-hydrogen) atoms. The summed E-state index contributed by atoms with van der Waals surface area (Å²) >= 11 is 0. The first-order valence-electron chi connectivity index (χ1n) is 7.93. The van der Waals surface area contributed by atoms with Gasteiger partial charge in [-0.3, -0.25) is 4.79 Å². The molecule has 0 saturated carbocycles. The van der Waals surface area contributed by atoms with Crippen molar-refractivity contribution in [2.75, 3.05) is 0 Å². The topological polar surface area (TPSA) is 43.4 Å². The predicted octanol–water partition coefficient (Wildman–Crippen LogP) is 4.30. The van der Waals surface area contributed by atoms with Crippen LogP contribution in [0.4, 0.5) is 0 Å². The first kappa shape index (κ1) is 15.5. The molecule has 2 aromatic rings. The van der Waals surface area contributed by atoms with Gasteiger partial charge in [0.1, 0.15) is 17.6 Å². The highest BCUT2D eigenvalue weighted by Crippen LogP contribution is 2.41. The molecule has 2 atom stereocenters. The number of aryl methyl sites for hydroxylation is 1. The summed E-state index contributed by atoms with van der Waals surface area (Å²) < 4.78 is 6.18. The molecule has 2 aromatic carbocycles. The molecule has 118 valence electrons. The van der Waals surface area contributed by atoms with Crippen molar-refractivity contribution in [1.29, 1.82) is 0 Å². The molecule has 0 amide bonds. The van der Waals surface area contributed by atoms with Gasteiger partial charge in [0.05, 0.1) is 11.5 Å². The third kappa shape index (κ3) is 3.04. The molecular formula is C20H20O3. The molecule has 0 fully saturated rings. The second-order valence-corrected chi connectivity index (χ2v) is 6.10. The predicted molar refractivity (Wildman–Crippen MR) is 88.7 cm³/mol. The lowest BCUT2D eigenvalue weighted by Crippen LogP contribution is -2.32. The molecule has 0 aromatic heterocycles. The van der Waals surface area contributed by atoms with Crippen molar-refractivity contribution < 1.29 is 14.3 Å². The number of carbonyl (C=O) groups is 2. The largest absolute Gasteiger partial charge is 0.484 e. The van der Waals surface area contributed by atoms with E-state index in [2.05, 4.69) is 0 Å². The maximum absolute atomic E-state index is 12.9. The molecule has 0 N–H and O–H groups in total. The monoisotopic (exact) mass is 308 g/mol. The zero-order chi connectivity index (χ0) is 16.4. The van der Waals surface area contributed by atoms with Crippen LogP contribution in [0.1, 0.15) is 47.4 Å². The molecular weight excluding hydrogens is 288 g/mol. The molecule has 1 aliphatic heterocycles. The van der Waals surface area contributed by atoms with Gasteiger partial charge in [-0.15, -0.1) is 0 Å². The Morgan fingerprint density at radius 3 is 2.52 bits per heavy atom. The minimum atomic E-state index is -0.335. The van der Waals surface area contributed by atoms with Crippen molar-refractivity contribution in [1.82, 2.24) is 0 Å². The van der Waals surface area contributed by atoms with Crippen LogP contribution in [-0.2, 0) is 4.79 Å². The van der Waals surface area contributed by atoms with E-state index >= 15 is 0 Å². The number of hydrogen-bond acceptors (Lipinski definition) is 3. The van der Waals surface area contributed by atoms with Crippen LogP contribution in [0.3, 0.4) is 0 Å². The average Bonchev–Trinajstić information content (AvgIpc) is 2.54. The number of rotatable bonds is 4. The van der Waals surface area contributed by atoms with Crippen molar-refractivity contribution in [3.63, 3.8) is 0 Å².